The lowest BCUT2D eigenvalue weighted by molar-refractivity contribution is 0.112. The molecule has 4 rings (SSSR count). The molecule has 0 bridgehead atoms. The van der Waals surface area contributed by atoms with Gasteiger partial charge in [0.05, 0.1) is 12.0 Å². The van der Waals surface area contributed by atoms with E-state index in [1.807, 2.05) is 19.1 Å². The van der Waals surface area contributed by atoms with E-state index in [1.165, 1.54) is 17.7 Å². The Kier molecular flexibility index (Phi) is 4.45. The fourth-order valence-electron chi connectivity index (χ4n) is 3.42. The number of furan rings is 1. The summed E-state index contributed by atoms with van der Waals surface area (Å²) in [6.07, 6.45) is 2.42. The zero-order valence-corrected chi connectivity index (χ0v) is 15.3. The van der Waals surface area contributed by atoms with Crippen LogP contribution in [-0.2, 0) is 11.3 Å². The molecule has 6 nitrogen and oxygen atoms in total. The largest absolute Gasteiger partial charge is 0.458 e. The molecule has 0 aromatic carbocycles. The number of hydrogen-bond acceptors (Lipinski definition) is 7. The lowest BCUT2D eigenvalue weighted by atomic mass is 10.2. The lowest BCUT2D eigenvalue weighted by Crippen LogP contribution is -2.32. The van der Waals surface area contributed by atoms with Crippen LogP contribution < -0.4 is 5.73 Å². The molecule has 2 N–H and O–H groups in total. The third kappa shape index (κ3) is 3.27. The topological polar surface area (TPSA) is 77.4 Å². The maximum Gasteiger partial charge on any atom is 0.199 e. The van der Waals surface area contributed by atoms with Crippen molar-refractivity contribution in [2.45, 2.75) is 32.4 Å². The van der Waals surface area contributed by atoms with Crippen molar-refractivity contribution in [1.29, 1.82) is 0 Å². The quantitative estimate of drug-likeness (QED) is 0.753. The highest BCUT2D eigenvalue weighted by Gasteiger charge is 2.25. The van der Waals surface area contributed by atoms with E-state index in [9.17, 15) is 0 Å². The molecule has 25 heavy (non-hydrogen) atoms. The van der Waals surface area contributed by atoms with Crippen molar-refractivity contribution in [1.82, 2.24) is 14.9 Å². The molecule has 0 spiro atoms. The molecule has 1 saturated heterocycles. The fourth-order valence-corrected chi connectivity index (χ4v) is 4.48. The average molecular weight is 358 g/mol. The number of likely N-dealkylation sites (tertiary alicyclic amines) is 1. The first-order valence-electron chi connectivity index (χ1n) is 8.50. The number of rotatable bonds is 5. The summed E-state index contributed by atoms with van der Waals surface area (Å²) in [6, 6.07) is 6.40. The van der Waals surface area contributed by atoms with Gasteiger partial charge in [-0.3, -0.25) is 4.90 Å². The van der Waals surface area contributed by atoms with E-state index in [4.69, 9.17) is 14.9 Å². The molecule has 1 atom stereocenters. The van der Waals surface area contributed by atoms with E-state index in [2.05, 4.69) is 20.9 Å². The van der Waals surface area contributed by atoms with Crippen molar-refractivity contribution in [3.63, 3.8) is 0 Å². The van der Waals surface area contributed by atoms with Crippen LogP contribution in [0.2, 0.25) is 0 Å². The third-order valence-corrected chi connectivity index (χ3v) is 5.66. The van der Waals surface area contributed by atoms with Crippen molar-refractivity contribution >= 4 is 27.4 Å². The number of nitrogens with zero attached hydrogens (tertiary/aromatic N) is 3. The van der Waals surface area contributed by atoms with Crippen LogP contribution >= 0.6 is 11.3 Å². The zero-order chi connectivity index (χ0) is 17.4. The number of fused-ring (bicyclic) bond motifs is 1. The Balaban J connectivity index is 1.62. The Labute approximate surface area is 150 Å². The van der Waals surface area contributed by atoms with Gasteiger partial charge in [0.1, 0.15) is 16.4 Å². The van der Waals surface area contributed by atoms with E-state index >= 15 is 0 Å². The van der Waals surface area contributed by atoms with Crippen LogP contribution in [0.15, 0.2) is 22.6 Å². The number of hydrogen-bond donors (Lipinski definition) is 1. The number of anilines is 1. The smallest absolute Gasteiger partial charge is 0.199 e. The van der Waals surface area contributed by atoms with Crippen LogP contribution in [0, 0.1) is 6.92 Å². The van der Waals surface area contributed by atoms with E-state index in [0.29, 0.717) is 23.4 Å². The van der Waals surface area contributed by atoms with Gasteiger partial charge in [-0.2, -0.15) is 0 Å². The monoisotopic (exact) mass is 358 g/mol. The fraction of sp³-hybridized carbons (Fsp3) is 0.444. The zero-order valence-electron chi connectivity index (χ0n) is 14.5. The Hall–Kier alpha value is -1.96. The molecule has 1 fully saturated rings. The van der Waals surface area contributed by atoms with Gasteiger partial charge in [0, 0.05) is 24.6 Å². The molecule has 4 heterocycles. The van der Waals surface area contributed by atoms with Gasteiger partial charge < -0.3 is 14.9 Å². The SMILES string of the molecule is COC[C@H]1CCCN1Cc1cc2c(N)nc(-c3ccc(C)o3)nc2s1. The highest BCUT2D eigenvalue weighted by molar-refractivity contribution is 7.18. The van der Waals surface area contributed by atoms with E-state index in [1.54, 1.807) is 18.4 Å². The first-order valence-corrected chi connectivity index (χ1v) is 9.31. The van der Waals surface area contributed by atoms with Gasteiger partial charge in [0.25, 0.3) is 0 Å². The average Bonchev–Trinajstić information content (AvgIpc) is 3.29. The van der Waals surface area contributed by atoms with Gasteiger partial charge >= 0.3 is 0 Å². The summed E-state index contributed by atoms with van der Waals surface area (Å²) in [6.45, 7) is 4.71. The minimum absolute atomic E-state index is 0.500. The van der Waals surface area contributed by atoms with Crippen LogP contribution in [0.4, 0.5) is 5.82 Å². The number of nitrogen functional groups attached to an aromatic ring is 1. The van der Waals surface area contributed by atoms with Gasteiger partial charge in [-0.05, 0) is 44.5 Å². The summed E-state index contributed by atoms with van der Waals surface area (Å²) in [4.78, 5) is 13.7. The number of nitrogens with two attached hydrogens (primary N) is 1. The number of aromatic nitrogens is 2. The van der Waals surface area contributed by atoms with Crippen LogP contribution in [0.5, 0.6) is 0 Å². The van der Waals surface area contributed by atoms with Gasteiger partial charge in [-0.1, -0.05) is 0 Å². The minimum Gasteiger partial charge on any atom is -0.458 e. The lowest BCUT2D eigenvalue weighted by Gasteiger charge is -2.22. The summed E-state index contributed by atoms with van der Waals surface area (Å²) in [5.41, 5.74) is 6.18. The molecule has 1 aliphatic rings. The second-order valence-electron chi connectivity index (χ2n) is 6.50. The molecular formula is C18H22N4O2S. The van der Waals surface area contributed by atoms with Crippen molar-refractivity contribution < 1.29 is 9.15 Å². The van der Waals surface area contributed by atoms with Crippen molar-refractivity contribution in [2.24, 2.45) is 0 Å². The molecule has 0 amide bonds. The molecule has 0 radical (unpaired) electrons. The number of aryl methyl sites for hydroxylation is 1. The van der Waals surface area contributed by atoms with Crippen molar-refractivity contribution in [3.8, 4) is 11.6 Å². The minimum atomic E-state index is 0.500. The highest BCUT2D eigenvalue weighted by atomic mass is 32.1. The molecule has 3 aromatic rings. The molecule has 7 heteroatoms. The Morgan fingerprint density at radius 3 is 3.04 bits per heavy atom. The predicted molar refractivity (Wildman–Crippen MR) is 99.6 cm³/mol. The van der Waals surface area contributed by atoms with Crippen molar-refractivity contribution in [2.75, 3.05) is 26.0 Å². The summed E-state index contributed by atoms with van der Waals surface area (Å²) >= 11 is 1.68. The summed E-state index contributed by atoms with van der Waals surface area (Å²) in [5, 5.41) is 0.925. The molecule has 0 saturated carbocycles. The van der Waals surface area contributed by atoms with Gasteiger partial charge in [0.15, 0.2) is 11.6 Å². The molecular weight excluding hydrogens is 336 g/mol. The second-order valence-corrected chi connectivity index (χ2v) is 7.61. The molecule has 0 aliphatic carbocycles. The maximum absolute atomic E-state index is 6.18. The Morgan fingerprint density at radius 1 is 1.40 bits per heavy atom. The molecule has 1 aliphatic heterocycles. The Morgan fingerprint density at radius 2 is 2.28 bits per heavy atom. The van der Waals surface area contributed by atoms with Crippen molar-refractivity contribution in [3.05, 3.63) is 28.8 Å². The first kappa shape index (κ1) is 16.5. The number of thiophene rings is 1. The maximum atomic E-state index is 6.18. The van der Waals surface area contributed by atoms with Crippen LogP contribution in [0.3, 0.4) is 0 Å². The van der Waals surface area contributed by atoms with E-state index in [-0.39, 0.29) is 0 Å². The normalized spacial score (nSPS) is 18.4. The predicted octanol–water partition coefficient (Wildman–Crippen LogP) is 3.45. The summed E-state index contributed by atoms with van der Waals surface area (Å²) in [5.74, 6) is 2.54. The molecule has 0 unspecified atom stereocenters. The van der Waals surface area contributed by atoms with Gasteiger partial charge in [-0.15, -0.1) is 11.3 Å². The summed E-state index contributed by atoms with van der Waals surface area (Å²) < 4.78 is 11.0. The Bertz CT molecular complexity index is 888. The van der Waals surface area contributed by atoms with Crippen LogP contribution in [0.1, 0.15) is 23.5 Å². The van der Waals surface area contributed by atoms with E-state index < -0.39 is 0 Å². The second kappa shape index (κ2) is 6.74. The molecule has 3 aromatic heterocycles. The van der Waals surface area contributed by atoms with Gasteiger partial charge in [-0.25, -0.2) is 9.97 Å². The first-order chi connectivity index (χ1) is 12.1. The highest BCUT2D eigenvalue weighted by Crippen LogP contribution is 2.32. The van der Waals surface area contributed by atoms with Gasteiger partial charge in [0.2, 0.25) is 0 Å². The van der Waals surface area contributed by atoms with Crippen LogP contribution in [0.25, 0.3) is 21.8 Å². The number of ether oxygens (including phenoxy) is 1. The van der Waals surface area contributed by atoms with Crippen LogP contribution in [-0.4, -0.2) is 41.2 Å². The standard InChI is InChI=1S/C18H22N4O2S/c1-11-5-6-15(24-11)17-20-16(19)14-8-13(25-18(14)21-17)9-22-7-3-4-12(22)10-23-2/h5-6,8,12H,3-4,7,9-10H2,1-2H3,(H2,19,20,21)/t12-/m1/s1. The molecule has 132 valence electrons. The summed E-state index contributed by atoms with van der Waals surface area (Å²) in [7, 11) is 1.77. The van der Waals surface area contributed by atoms with E-state index in [0.717, 1.165) is 35.7 Å². The number of methoxy groups -OCH3 is 1. The third-order valence-electron chi connectivity index (χ3n) is 4.65.